The first-order valence-corrected chi connectivity index (χ1v) is 7.15. The molecular weight excluding hydrogens is 250 g/mol. The molecule has 1 aliphatic heterocycles. The monoisotopic (exact) mass is 271 g/mol. The Kier molecular flexibility index (Phi) is 3.85. The topological polar surface area (TPSA) is 37.4 Å². The molecule has 2 heterocycles. The van der Waals surface area contributed by atoms with Gasteiger partial charge in [0.2, 0.25) is 0 Å². The Morgan fingerprint density at radius 3 is 3.00 bits per heavy atom. The van der Waals surface area contributed by atoms with Crippen molar-refractivity contribution in [2.45, 2.75) is 19.1 Å². The number of pyridine rings is 1. The van der Waals surface area contributed by atoms with Crippen LogP contribution >= 0.6 is 0 Å². The highest BCUT2D eigenvalue weighted by Gasteiger charge is 2.23. The third-order valence-electron chi connectivity index (χ3n) is 3.83. The third-order valence-corrected chi connectivity index (χ3v) is 3.83. The van der Waals surface area contributed by atoms with Gasteiger partial charge in [-0.3, -0.25) is 0 Å². The van der Waals surface area contributed by atoms with Gasteiger partial charge in [0, 0.05) is 18.5 Å². The highest BCUT2D eigenvalue weighted by molar-refractivity contribution is 5.80. The standard InChI is InChI=1S/C16H21N3O/c1-12(15-11-19(2)9-10-20-15)17-16-8-7-13-5-3-4-6-14(13)18-16/h3-8,12,15H,9-11H2,1-2H3,(H,17,18). The minimum Gasteiger partial charge on any atom is -0.373 e. The zero-order chi connectivity index (χ0) is 13.9. The number of para-hydroxylation sites is 1. The molecule has 2 aromatic rings. The van der Waals surface area contributed by atoms with Gasteiger partial charge in [-0.1, -0.05) is 18.2 Å². The van der Waals surface area contributed by atoms with Crippen LogP contribution in [-0.4, -0.2) is 48.8 Å². The second-order valence-corrected chi connectivity index (χ2v) is 5.49. The molecule has 4 heteroatoms. The van der Waals surface area contributed by atoms with E-state index in [1.54, 1.807) is 0 Å². The molecule has 4 nitrogen and oxygen atoms in total. The lowest BCUT2D eigenvalue weighted by molar-refractivity contribution is -0.0259. The SMILES string of the molecule is CC(Nc1ccc2ccccc2n1)C1CN(C)CCO1. The first-order chi connectivity index (χ1) is 9.72. The van der Waals surface area contributed by atoms with Crippen molar-refractivity contribution in [3.8, 4) is 0 Å². The van der Waals surface area contributed by atoms with Crippen LogP contribution in [0.15, 0.2) is 36.4 Å². The third kappa shape index (κ3) is 2.92. The van der Waals surface area contributed by atoms with E-state index >= 15 is 0 Å². The number of aromatic nitrogens is 1. The second kappa shape index (κ2) is 5.77. The second-order valence-electron chi connectivity index (χ2n) is 5.49. The van der Waals surface area contributed by atoms with Crippen molar-refractivity contribution in [1.29, 1.82) is 0 Å². The number of nitrogens with zero attached hydrogens (tertiary/aromatic N) is 2. The molecule has 0 aliphatic carbocycles. The molecule has 1 saturated heterocycles. The fraction of sp³-hybridized carbons (Fsp3) is 0.438. The summed E-state index contributed by atoms with van der Waals surface area (Å²) in [6, 6.07) is 12.5. The van der Waals surface area contributed by atoms with Crippen molar-refractivity contribution in [3.63, 3.8) is 0 Å². The molecule has 0 radical (unpaired) electrons. The summed E-state index contributed by atoms with van der Waals surface area (Å²) in [5, 5.41) is 4.63. The first-order valence-electron chi connectivity index (χ1n) is 7.15. The molecule has 3 rings (SSSR count). The predicted molar refractivity (Wildman–Crippen MR) is 82.1 cm³/mol. The Morgan fingerprint density at radius 2 is 2.15 bits per heavy atom. The van der Waals surface area contributed by atoms with Gasteiger partial charge in [0.05, 0.1) is 24.3 Å². The lowest BCUT2D eigenvalue weighted by Gasteiger charge is -2.34. The van der Waals surface area contributed by atoms with Gasteiger partial charge >= 0.3 is 0 Å². The Bertz CT molecular complexity index is 587. The number of hydrogen-bond donors (Lipinski definition) is 1. The summed E-state index contributed by atoms with van der Waals surface area (Å²) in [6.07, 6.45) is 0.210. The van der Waals surface area contributed by atoms with Gasteiger partial charge in [0.25, 0.3) is 0 Å². The number of nitrogens with one attached hydrogen (secondary N) is 1. The van der Waals surface area contributed by atoms with Crippen molar-refractivity contribution in [2.24, 2.45) is 0 Å². The number of ether oxygens (including phenoxy) is 1. The zero-order valence-corrected chi connectivity index (χ0v) is 12.0. The quantitative estimate of drug-likeness (QED) is 0.930. The highest BCUT2D eigenvalue weighted by atomic mass is 16.5. The van der Waals surface area contributed by atoms with Gasteiger partial charge < -0.3 is 15.0 Å². The maximum absolute atomic E-state index is 5.84. The van der Waals surface area contributed by atoms with E-state index in [0.29, 0.717) is 0 Å². The van der Waals surface area contributed by atoms with E-state index in [9.17, 15) is 0 Å². The molecule has 106 valence electrons. The molecule has 2 unspecified atom stereocenters. The minimum atomic E-state index is 0.210. The van der Waals surface area contributed by atoms with Crippen molar-refractivity contribution in [1.82, 2.24) is 9.88 Å². The lowest BCUT2D eigenvalue weighted by Crippen LogP contribution is -2.47. The van der Waals surface area contributed by atoms with Crippen LogP contribution in [0.1, 0.15) is 6.92 Å². The van der Waals surface area contributed by atoms with E-state index in [1.165, 1.54) is 5.39 Å². The molecule has 0 amide bonds. The van der Waals surface area contributed by atoms with Gasteiger partial charge in [0.15, 0.2) is 0 Å². The summed E-state index contributed by atoms with van der Waals surface area (Å²) in [6.45, 7) is 4.93. The first kappa shape index (κ1) is 13.3. The molecule has 1 N–H and O–H groups in total. The Labute approximate surface area is 119 Å². The maximum atomic E-state index is 5.84. The molecular formula is C16H21N3O. The molecule has 1 aromatic heterocycles. The summed E-state index contributed by atoms with van der Waals surface area (Å²) in [5.41, 5.74) is 1.02. The van der Waals surface area contributed by atoms with E-state index < -0.39 is 0 Å². The van der Waals surface area contributed by atoms with Crippen molar-refractivity contribution in [3.05, 3.63) is 36.4 Å². The molecule has 0 spiro atoms. The number of benzene rings is 1. The lowest BCUT2D eigenvalue weighted by atomic mass is 10.1. The van der Waals surface area contributed by atoms with Gasteiger partial charge in [-0.15, -0.1) is 0 Å². The van der Waals surface area contributed by atoms with Crippen molar-refractivity contribution in [2.75, 3.05) is 32.1 Å². The van der Waals surface area contributed by atoms with Gasteiger partial charge in [-0.25, -0.2) is 4.98 Å². The Balaban J connectivity index is 1.71. The summed E-state index contributed by atoms with van der Waals surface area (Å²) in [4.78, 5) is 6.95. The highest BCUT2D eigenvalue weighted by Crippen LogP contribution is 2.17. The largest absolute Gasteiger partial charge is 0.373 e. The number of rotatable bonds is 3. The van der Waals surface area contributed by atoms with Crippen LogP contribution in [-0.2, 0) is 4.74 Å². The number of anilines is 1. The molecule has 1 aromatic carbocycles. The van der Waals surface area contributed by atoms with Crippen LogP contribution in [0, 0.1) is 0 Å². The van der Waals surface area contributed by atoms with Crippen LogP contribution in [0.2, 0.25) is 0 Å². The normalized spacial score (nSPS) is 21.8. The smallest absolute Gasteiger partial charge is 0.126 e. The molecule has 20 heavy (non-hydrogen) atoms. The fourth-order valence-corrected chi connectivity index (χ4v) is 2.59. The number of fused-ring (bicyclic) bond motifs is 1. The maximum Gasteiger partial charge on any atom is 0.126 e. The molecule has 1 aliphatic rings. The summed E-state index contributed by atoms with van der Waals surface area (Å²) < 4.78 is 5.84. The van der Waals surface area contributed by atoms with Gasteiger partial charge in [-0.05, 0) is 32.2 Å². The number of morpholine rings is 1. The van der Waals surface area contributed by atoms with Crippen LogP contribution in [0.3, 0.4) is 0 Å². The van der Waals surface area contributed by atoms with Crippen LogP contribution in [0.5, 0.6) is 0 Å². The van der Waals surface area contributed by atoms with E-state index in [4.69, 9.17) is 4.74 Å². The Hall–Kier alpha value is -1.65. The van der Waals surface area contributed by atoms with E-state index in [0.717, 1.165) is 31.0 Å². The minimum absolute atomic E-state index is 0.210. The fourth-order valence-electron chi connectivity index (χ4n) is 2.59. The summed E-state index contributed by atoms with van der Waals surface area (Å²) in [5.74, 6) is 0.910. The van der Waals surface area contributed by atoms with Gasteiger partial charge in [0.1, 0.15) is 5.82 Å². The molecule has 0 saturated carbocycles. The van der Waals surface area contributed by atoms with Crippen molar-refractivity contribution >= 4 is 16.7 Å². The number of hydrogen-bond acceptors (Lipinski definition) is 4. The van der Waals surface area contributed by atoms with E-state index in [1.807, 2.05) is 24.3 Å². The summed E-state index contributed by atoms with van der Waals surface area (Å²) >= 11 is 0. The van der Waals surface area contributed by atoms with E-state index in [2.05, 4.69) is 41.3 Å². The average molecular weight is 271 g/mol. The molecule has 1 fully saturated rings. The van der Waals surface area contributed by atoms with Crippen LogP contribution in [0.25, 0.3) is 10.9 Å². The van der Waals surface area contributed by atoms with Gasteiger partial charge in [-0.2, -0.15) is 0 Å². The van der Waals surface area contributed by atoms with Crippen LogP contribution < -0.4 is 5.32 Å². The van der Waals surface area contributed by atoms with E-state index in [-0.39, 0.29) is 12.1 Å². The predicted octanol–water partition coefficient (Wildman–Crippen LogP) is 2.37. The number of likely N-dealkylation sites (N-methyl/N-ethyl adjacent to an activating group) is 1. The Morgan fingerprint density at radius 1 is 1.30 bits per heavy atom. The van der Waals surface area contributed by atoms with Crippen LogP contribution in [0.4, 0.5) is 5.82 Å². The zero-order valence-electron chi connectivity index (χ0n) is 12.0. The summed E-state index contributed by atoms with van der Waals surface area (Å²) in [7, 11) is 2.14. The average Bonchev–Trinajstić information content (AvgIpc) is 2.47. The molecule has 0 bridgehead atoms. The molecule has 2 atom stereocenters. The van der Waals surface area contributed by atoms with Crippen molar-refractivity contribution < 1.29 is 4.74 Å².